The molecule has 1 N–H and O–H groups in total. The summed E-state index contributed by atoms with van der Waals surface area (Å²) >= 11 is 0. The number of amidine groups is 1. The predicted octanol–water partition coefficient (Wildman–Crippen LogP) is 2.90. The molecule has 1 aromatic carbocycles. The van der Waals surface area contributed by atoms with Crippen LogP contribution in [0.5, 0.6) is 11.5 Å². The first-order valence-corrected chi connectivity index (χ1v) is 9.10. The Hall–Kier alpha value is -2.39. The maximum atomic E-state index is 12.6. The zero-order chi connectivity index (χ0) is 21.0. The molecule has 0 unspecified atom stereocenters. The number of nitrogens with one attached hydrogen (secondary N) is 1. The Kier molecular flexibility index (Phi) is 6.23. The SMILES string of the molecule is [2H]C1=NC(C)=C(c2ccc(OC(F)F)cc2OCOC)N([C@@H]2CCCN(C)C2)N1. The average Bonchev–Trinajstić information content (AvgIpc) is 2.66. The van der Waals surface area contributed by atoms with Gasteiger partial charge in [0.15, 0.2) is 6.79 Å². The number of piperidine rings is 1. The van der Waals surface area contributed by atoms with Crippen LogP contribution in [-0.4, -0.2) is 62.9 Å². The lowest BCUT2D eigenvalue weighted by Gasteiger charge is -2.41. The molecular formula is C19H26F2N4O3. The second-order valence-electron chi connectivity index (χ2n) is 6.79. The number of alkyl halides is 2. The molecule has 2 heterocycles. The van der Waals surface area contributed by atoms with Gasteiger partial charge < -0.3 is 19.1 Å². The third kappa shape index (κ3) is 4.71. The molecule has 0 amide bonds. The molecular weight excluding hydrogens is 370 g/mol. The first kappa shape index (κ1) is 18.9. The molecule has 1 atom stereocenters. The number of aliphatic imine (C=N–C) groups is 1. The summed E-state index contributed by atoms with van der Waals surface area (Å²) < 4.78 is 48.5. The molecule has 0 saturated carbocycles. The van der Waals surface area contributed by atoms with Gasteiger partial charge in [-0.2, -0.15) is 8.78 Å². The normalized spacial score (nSPS) is 21.4. The molecule has 2 aliphatic rings. The Balaban J connectivity index is 2.02. The van der Waals surface area contributed by atoms with Crippen molar-refractivity contribution >= 4 is 12.0 Å². The summed E-state index contributed by atoms with van der Waals surface area (Å²) in [6.07, 6.45) is 2.03. The van der Waals surface area contributed by atoms with Crippen molar-refractivity contribution in [1.29, 1.82) is 0 Å². The summed E-state index contributed by atoms with van der Waals surface area (Å²) in [6, 6.07) is 4.65. The average molecular weight is 397 g/mol. The van der Waals surface area contributed by atoms with Crippen molar-refractivity contribution in [3.8, 4) is 11.5 Å². The zero-order valence-electron chi connectivity index (χ0n) is 17.2. The van der Waals surface area contributed by atoms with Crippen LogP contribution < -0.4 is 14.9 Å². The Morgan fingerprint density at radius 2 is 2.25 bits per heavy atom. The van der Waals surface area contributed by atoms with Crippen LogP contribution in [0.4, 0.5) is 8.78 Å². The molecule has 0 aliphatic carbocycles. The van der Waals surface area contributed by atoms with Crippen molar-refractivity contribution < 1.29 is 24.4 Å². The molecule has 0 radical (unpaired) electrons. The highest BCUT2D eigenvalue weighted by atomic mass is 19.3. The van der Waals surface area contributed by atoms with E-state index in [1.54, 1.807) is 6.07 Å². The first-order valence-electron chi connectivity index (χ1n) is 9.60. The third-order valence-corrected chi connectivity index (χ3v) is 4.71. The van der Waals surface area contributed by atoms with Gasteiger partial charge in [-0.05, 0) is 45.5 Å². The van der Waals surface area contributed by atoms with Crippen molar-refractivity contribution in [1.82, 2.24) is 15.3 Å². The smallest absolute Gasteiger partial charge is 0.387 e. The fraction of sp³-hybridized carbons (Fsp3) is 0.526. The highest BCUT2D eigenvalue weighted by Gasteiger charge is 2.30. The summed E-state index contributed by atoms with van der Waals surface area (Å²) in [5.74, 6) is 0.324. The van der Waals surface area contributed by atoms with Gasteiger partial charge in [0.1, 0.15) is 19.2 Å². The number of halogens is 2. The Morgan fingerprint density at radius 1 is 1.43 bits per heavy atom. The molecule has 0 aromatic heterocycles. The van der Waals surface area contributed by atoms with Gasteiger partial charge in [-0.1, -0.05) is 0 Å². The summed E-state index contributed by atoms with van der Waals surface area (Å²) in [7, 11) is 3.54. The molecule has 7 nitrogen and oxygen atoms in total. The van der Waals surface area contributed by atoms with Gasteiger partial charge in [-0.15, -0.1) is 0 Å². The molecule has 1 aromatic rings. The Morgan fingerprint density at radius 3 is 2.96 bits per heavy atom. The van der Waals surface area contributed by atoms with E-state index in [1.165, 1.54) is 19.2 Å². The van der Waals surface area contributed by atoms with Gasteiger partial charge in [0.25, 0.3) is 0 Å². The summed E-state index contributed by atoms with van der Waals surface area (Å²) in [5, 5.41) is 1.93. The lowest BCUT2D eigenvalue weighted by molar-refractivity contribution is -0.0500. The quantitative estimate of drug-likeness (QED) is 0.714. The van der Waals surface area contributed by atoms with Crippen LogP contribution in [0.2, 0.25) is 0 Å². The predicted molar refractivity (Wildman–Crippen MR) is 102 cm³/mol. The van der Waals surface area contributed by atoms with E-state index >= 15 is 0 Å². The lowest BCUT2D eigenvalue weighted by atomic mass is 10.0. The monoisotopic (exact) mass is 397 g/mol. The Bertz CT molecular complexity index is 791. The highest BCUT2D eigenvalue weighted by molar-refractivity contribution is 5.77. The number of allylic oxidation sites excluding steroid dienone is 1. The van der Waals surface area contributed by atoms with E-state index in [0.717, 1.165) is 31.6 Å². The molecule has 28 heavy (non-hydrogen) atoms. The van der Waals surface area contributed by atoms with Crippen molar-refractivity contribution in [2.24, 2.45) is 4.99 Å². The van der Waals surface area contributed by atoms with Gasteiger partial charge in [0.2, 0.25) is 0 Å². The number of methoxy groups -OCH3 is 1. The van der Waals surface area contributed by atoms with Crippen LogP contribution in [-0.2, 0) is 4.74 Å². The molecule has 2 aliphatic heterocycles. The molecule has 154 valence electrons. The van der Waals surface area contributed by atoms with E-state index in [-0.39, 0.29) is 24.9 Å². The molecule has 1 saturated heterocycles. The summed E-state index contributed by atoms with van der Waals surface area (Å²) in [5.41, 5.74) is 5.06. The fourth-order valence-electron chi connectivity index (χ4n) is 3.51. The molecule has 9 heteroatoms. The number of hydrazine groups is 1. The number of likely N-dealkylation sites (N-methyl/N-ethyl adjacent to an activating group) is 1. The highest BCUT2D eigenvalue weighted by Crippen LogP contribution is 2.36. The molecule has 0 bridgehead atoms. The minimum absolute atomic E-state index is 0.00879. The van der Waals surface area contributed by atoms with Crippen molar-refractivity contribution in [3.63, 3.8) is 0 Å². The number of benzene rings is 1. The van der Waals surface area contributed by atoms with Crippen molar-refractivity contribution in [2.45, 2.75) is 32.4 Å². The third-order valence-electron chi connectivity index (χ3n) is 4.71. The van der Waals surface area contributed by atoms with Gasteiger partial charge in [0.05, 0.1) is 17.4 Å². The topological polar surface area (TPSA) is 58.6 Å². The van der Waals surface area contributed by atoms with Gasteiger partial charge in [-0.25, -0.2) is 4.99 Å². The van der Waals surface area contributed by atoms with Gasteiger partial charge >= 0.3 is 6.61 Å². The van der Waals surface area contributed by atoms with Gasteiger partial charge in [0, 0.05) is 25.3 Å². The van der Waals surface area contributed by atoms with E-state index in [2.05, 4.69) is 27.1 Å². The number of likely N-dealkylation sites (tertiary alicyclic amines) is 1. The molecule has 1 fully saturated rings. The van der Waals surface area contributed by atoms with E-state index in [4.69, 9.17) is 10.8 Å². The van der Waals surface area contributed by atoms with Crippen LogP contribution in [0.15, 0.2) is 28.9 Å². The maximum absolute atomic E-state index is 12.6. The lowest BCUT2D eigenvalue weighted by Crippen LogP contribution is -2.52. The van der Waals surface area contributed by atoms with Gasteiger partial charge in [-0.3, -0.25) is 10.4 Å². The standard InChI is InChI=1S/C19H26F2N4O3/c1-13-18(25(23-11-22-13)14-5-4-8-24(2)10-14)16-7-6-15(28-19(20)21)9-17(16)27-12-26-3/h6-7,9,11,14,19H,4-5,8,10,12H2,1-3H3,(H,22,23)/t14-/m1/s1/i11D. The largest absolute Gasteiger partial charge is 0.467 e. The van der Waals surface area contributed by atoms with E-state index in [0.29, 0.717) is 17.0 Å². The number of hydrogen-bond acceptors (Lipinski definition) is 7. The minimum atomic E-state index is -2.93. The molecule has 0 spiro atoms. The fourth-order valence-corrected chi connectivity index (χ4v) is 3.51. The maximum Gasteiger partial charge on any atom is 0.387 e. The number of hydrogen-bond donors (Lipinski definition) is 1. The number of nitrogens with zero attached hydrogens (tertiary/aromatic N) is 3. The zero-order valence-corrected chi connectivity index (χ0v) is 16.2. The van der Waals surface area contributed by atoms with Crippen molar-refractivity contribution in [3.05, 3.63) is 29.5 Å². The minimum Gasteiger partial charge on any atom is -0.467 e. The van der Waals surface area contributed by atoms with Crippen LogP contribution in [0.1, 0.15) is 26.7 Å². The van der Waals surface area contributed by atoms with Crippen LogP contribution in [0.25, 0.3) is 5.70 Å². The number of rotatable bonds is 7. The summed E-state index contributed by atoms with van der Waals surface area (Å²) in [6.45, 7) is 0.667. The van der Waals surface area contributed by atoms with Crippen LogP contribution in [0, 0.1) is 0 Å². The van der Waals surface area contributed by atoms with Crippen LogP contribution >= 0.6 is 0 Å². The first-order chi connectivity index (χ1) is 13.9. The van der Waals surface area contributed by atoms with E-state index < -0.39 is 6.61 Å². The van der Waals surface area contributed by atoms with E-state index in [1.807, 2.05) is 11.9 Å². The Labute approximate surface area is 164 Å². The number of ether oxygens (including phenoxy) is 3. The second kappa shape index (κ2) is 9.20. The van der Waals surface area contributed by atoms with Crippen LogP contribution in [0.3, 0.4) is 0 Å². The van der Waals surface area contributed by atoms with E-state index in [9.17, 15) is 8.78 Å². The molecule has 3 rings (SSSR count). The van der Waals surface area contributed by atoms with Crippen molar-refractivity contribution in [2.75, 3.05) is 34.0 Å². The second-order valence-corrected chi connectivity index (χ2v) is 6.79. The summed E-state index contributed by atoms with van der Waals surface area (Å²) in [4.78, 5) is 6.49.